The molecule has 2 aliphatic rings. The maximum absolute atomic E-state index is 10.5. The largest absolute Gasteiger partial charge is 0.394 e. The van der Waals surface area contributed by atoms with Gasteiger partial charge in [0.1, 0.15) is 92.1 Å². The minimum absolute atomic E-state index is 0.0258. The van der Waals surface area contributed by atoms with Crippen LogP contribution in [0.3, 0.4) is 0 Å². The molecule has 0 saturated carbocycles. The van der Waals surface area contributed by atoms with Gasteiger partial charge in [0.05, 0.1) is 33.0 Å². The highest BCUT2D eigenvalue weighted by Crippen LogP contribution is 2.28. The molecule has 24 nitrogen and oxygen atoms in total. The van der Waals surface area contributed by atoms with Crippen LogP contribution in [0.4, 0.5) is 0 Å². The Hall–Kier alpha value is -1.54. The van der Waals surface area contributed by atoms with Crippen molar-refractivity contribution < 1.29 is 121 Å². The monoisotopic (exact) mass is 720 g/mol. The normalized spacial score (nSPS) is 34.2. The van der Waals surface area contributed by atoms with Crippen LogP contribution < -0.4 is 0 Å². The smallest absolute Gasteiger partial charge is 0.219 e. The Labute approximate surface area is 271 Å². The maximum atomic E-state index is 10.5. The van der Waals surface area contributed by atoms with E-state index in [2.05, 4.69) is 9.47 Å². The van der Waals surface area contributed by atoms with Gasteiger partial charge in [0, 0.05) is 0 Å². The molecule has 16 atom stereocenters. The van der Waals surface area contributed by atoms with E-state index < -0.39 is 143 Å². The maximum Gasteiger partial charge on any atom is 0.219 e. The van der Waals surface area contributed by atoms with E-state index in [9.17, 15) is 14.7 Å². The minimum Gasteiger partial charge on any atom is -0.394 e. The van der Waals surface area contributed by atoms with Crippen LogP contribution in [0.2, 0.25) is 0 Å². The summed E-state index contributed by atoms with van der Waals surface area (Å²) >= 11 is 0. The van der Waals surface area contributed by atoms with Gasteiger partial charge in [-0.15, -0.1) is 0 Å². The van der Waals surface area contributed by atoms with Crippen LogP contribution >= 0.6 is 0 Å². The van der Waals surface area contributed by atoms with Crippen molar-refractivity contribution in [2.45, 2.75) is 97.5 Å². The standard InChI is InChI=1S/4C6H12O6/c7-1-3-4(9)5(10)6(11,2-8)12-3;7-1-2-3(8)4(9)5(10)6(11)12-2;2*7-1-3(9)5(11)6(12)4(10)2-8/h3-5,7-11H,1-2H2;2-11H,1H2;3,5-9,11-12H,1-2H2;1,3-6,8-12H,2H2. The van der Waals surface area contributed by atoms with Gasteiger partial charge in [-0.1, -0.05) is 0 Å². The number of Topliss-reactive ketones (excluding diaryl/α,β-unsaturated/α-hetero) is 1. The summed E-state index contributed by atoms with van der Waals surface area (Å²) in [4.78, 5) is 20.4. The number of carbonyl (C=O) groups excluding carboxylic acids is 2. The number of aliphatic hydroxyl groups excluding tert-OH is 19. The third-order valence-corrected chi connectivity index (χ3v) is 6.61. The fourth-order valence-corrected chi connectivity index (χ4v) is 3.45. The molecule has 20 N–H and O–H groups in total. The lowest BCUT2D eigenvalue weighted by atomic mass is 10.00. The number of carbonyl (C=O) groups is 2. The van der Waals surface area contributed by atoms with Crippen molar-refractivity contribution >= 4 is 12.1 Å². The zero-order valence-corrected chi connectivity index (χ0v) is 25.1. The minimum atomic E-state index is -2.16. The fourth-order valence-electron chi connectivity index (χ4n) is 3.45. The summed E-state index contributed by atoms with van der Waals surface area (Å²) in [5.41, 5.74) is 0. The second-order valence-electron chi connectivity index (χ2n) is 10.2. The van der Waals surface area contributed by atoms with E-state index >= 15 is 0 Å². The number of rotatable bonds is 13. The highest BCUT2D eigenvalue weighted by Gasteiger charge is 2.52. The molecule has 16 unspecified atom stereocenters. The Morgan fingerprint density at radius 1 is 0.667 bits per heavy atom. The molecule has 0 spiro atoms. The number of ketones is 1. The third-order valence-electron chi connectivity index (χ3n) is 6.61. The summed E-state index contributed by atoms with van der Waals surface area (Å²) in [5, 5.41) is 176. The van der Waals surface area contributed by atoms with Gasteiger partial charge in [0.15, 0.2) is 18.4 Å². The van der Waals surface area contributed by atoms with Gasteiger partial charge in [-0.2, -0.15) is 0 Å². The number of hydrogen-bond acceptors (Lipinski definition) is 24. The van der Waals surface area contributed by atoms with E-state index in [1.807, 2.05) is 0 Å². The van der Waals surface area contributed by atoms with Crippen LogP contribution in [0.25, 0.3) is 0 Å². The topological polar surface area (TPSA) is 457 Å². The van der Waals surface area contributed by atoms with Crippen molar-refractivity contribution in [3.05, 3.63) is 0 Å². The predicted octanol–water partition coefficient (Wildman–Crippen LogP) is -13.2. The van der Waals surface area contributed by atoms with E-state index in [4.69, 9.17) is 97.0 Å². The molecular formula is C24H48O24. The van der Waals surface area contributed by atoms with Gasteiger partial charge in [0.25, 0.3) is 0 Å². The average molecular weight is 721 g/mol. The molecule has 0 aromatic rings. The number of aliphatic hydroxyl groups is 20. The Bertz CT molecular complexity index is 858. The second-order valence-corrected chi connectivity index (χ2v) is 10.2. The van der Waals surface area contributed by atoms with Crippen molar-refractivity contribution in [2.24, 2.45) is 0 Å². The molecule has 2 fully saturated rings. The summed E-state index contributed by atoms with van der Waals surface area (Å²) in [6.45, 7) is -4.33. The van der Waals surface area contributed by atoms with E-state index in [0.29, 0.717) is 0 Å². The first kappa shape index (κ1) is 48.6. The zero-order chi connectivity index (χ0) is 38.1. The van der Waals surface area contributed by atoms with Crippen molar-refractivity contribution in [3.8, 4) is 0 Å². The van der Waals surface area contributed by atoms with Crippen molar-refractivity contribution in [1.82, 2.24) is 0 Å². The van der Waals surface area contributed by atoms with E-state index in [1.54, 1.807) is 0 Å². The van der Waals surface area contributed by atoms with Crippen molar-refractivity contribution in [2.75, 3.05) is 39.6 Å². The Morgan fingerprint density at radius 3 is 1.50 bits per heavy atom. The zero-order valence-electron chi connectivity index (χ0n) is 25.1. The SMILES string of the molecule is O=C(CO)C(O)C(O)C(O)CO.O=CC(O)C(O)C(O)C(O)CO.OCC1OC(O)(CO)C(O)C1O.OCC1OC(O)C(O)C(O)C1O. The summed E-state index contributed by atoms with van der Waals surface area (Å²) in [6.07, 6.45) is -23.1. The van der Waals surface area contributed by atoms with E-state index in [0.717, 1.165) is 0 Å². The average Bonchev–Trinajstić information content (AvgIpc) is 3.33. The van der Waals surface area contributed by atoms with Gasteiger partial charge in [-0.25, -0.2) is 0 Å². The van der Waals surface area contributed by atoms with Crippen molar-refractivity contribution in [1.29, 1.82) is 0 Å². The van der Waals surface area contributed by atoms with Crippen LogP contribution in [-0.4, -0.2) is 251 Å². The molecule has 2 saturated heterocycles. The molecule has 288 valence electrons. The summed E-state index contributed by atoms with van der Waals surface area (Å²) in [5.74, 6) is -3.16. The van der Waals surface area contributed by atoms with Gasteiger partial charge < -0.3 is 116 Å². The summed E-state index contributed by atoms with van der Waals surface area (Å²) in [6, 6.07) is 0. The Balaban J connectivity index is 0. The van der Waals surface area contributed by atoms with Gasteiger partial charge in [-0.05, 0) is 0 Å². The summed E-state index contributed by atoms with van der Waals surface area (Å²) in [7, 11) is 0. The summed E-state index contributed by atoms with van der Waals surface area (Å²) < 4.78 is 9.20. The first-order valence-corrected chi connectivity index (χ1v) is 13.7. The molecule has 0 aromatic heterocycles. The molecule has 0 amide bonds. The first-order valence-electron chi connectivity index (χ1n) is 13.7. The highest BCUT2D eigenvalue weighted by atomic mass is 16.7. The molecule has 0 aromatic carbocycles. The molecule has 2 aliphatic heterocycles. The molecular weight excluding hydrogens is 672 g/mol. The van der Waals surface area contributed by atoms with Gasteiger partial charge >= 0.3 is 0 Å². The number of hydrogen-bond donors (Lipinski definition) is 20. The number of ether oxygens (including phenoxy) is 2. The van der Waals surface area contributed by atoms with Gasteiger partial charge in [-0.3, -0.25) is 4.79 Å². The molecule has 48 heavy (non-hydrogen) atoms. The predicted molar refractivity (Wildman–Crippen MR) is 146 cm³/mol. The lowest BCUT2D eigenvalue weighted by molar-refractivity contribution is -0.286. The third kappa shape index (κ3) is 14.4. The van der Waals surface area contributed by atoms with Gasteiger partial charge in [0.2, 0.25) is 5.79 Å². The fraction of sp³-hybridized carbons (Fsp3) is 0.917. The Kier molecular flexibility index (Phi) is 24.1. The Morgan fingerprint density at radius 2 is 1.15 bits per heavy atom. The second kappa shape index (κ2) is 23.8. The molecule has 2 rings (SSSR count). The van der Waals surface area contributed by atoms with Crippen molar-refractivity contribution in [3.63, 3.8) is 0 Å². The lowest BCUT2D eigenvalue weighted by Gasteiger charge is -2.37. The highest BCUT2D eigenvalue weighted by molar-refractivity contribution is 5.84. The molecule has 0 bridgehead atoms. The van der Waals surface area contributed by atoms with Crippen LogP contribution in [-0.2, 0) is 19.1 Å². The van der Waals surface area contributed by atoms with Crippen LogP contribution in [0.5, 0.6) is 0 Å². The van der Waals surface area contributed by atoms with E-state index in [-0.39, 0.29) is 6.29 Å². The van der Waals surface area contributed by atoms with Crippen LogP contribution in [0.1, 0.15) is 0 Å². The number of aldehydes is 1. The quantitative estimate of drug-likeness (QED) is 0.0785. The first-order chi connectivity index (χ1) is 22.2. The van der Waals surface area contributed by atoms with Crippen LogP contribution in [0.15, 0.2) is 0 Å². The van der Waals surface area contributed by atoms with Crippen LogP contribution in [0, 0.1) is 0 Å². The molecule has 2 heterocycles. The molecule has 0 aliphatic carbocycles. The lowest BCUT2D eigenvalue weighted by Crippen LogP contribution is -2.58. The molecule has 24 heteroatoms. The van der Waals surface area contributed by atoms with E-state index in [1.165, 1.54) is 0 Å². The molecule has 0 radical (unpaired) electrons.